The van der Waals surface area contributed by atoms with Gasteiger partial charge < -0.3 is 0 Å². The van der Waals surface area contributed by atoms with Crippen LogP contribution in [0.4, 0.5) is 0 Å². The van der Waals surface area contributed by atoms with Crippen LogP contribution in [0.3, 0.4) is 0 Å². The molecule has 1 aromatic rings. The van der Waals surface area contributed by atoms with Gasteiger partial charge in [-0.1, -0.05) is 50.5 Å². The van der Waals surface area contributed by atoms with Crippen molar-refractivity contribution in [3.8, 4) is 0 Å². The van der Waals surface area contributed by atoms with E-state index < -0.39 is 0 Å². The predicted octanol–water partition coefficient (Wildman–Crippen LogP) is 4.63. The van der Waals surface area contributed by atoms with Gasteiger partial charge in [-0.15, -0.1) is 0 Å². The Bertz CT molecular complexity index is 313. The fraction of sp³-hybridized carbons (Fsp3) is 0.588. The van der Waals surface area contributed by atoms with Crippen molar-refractivity contribution in [1.82, 2.24) is 0 Å². The summed E-state index contributed by atoms with van der Waals surface area (Å²) in [6.07, 6.45) is 12.2. The first-order valence-corrected chi connectivity index (χ1v) is 7.29. The molecule has 0 aliphatic carbocycles. The van der Waals surface area contributed by atoms with Gasteiger partial charge in [0.1, 0.15) is 0 Å². The summed E-state index contributed by atoms with van der Waals surface area (Å²) in [6.45, 7) is 2.25. The fourth-order valence-electron chi connectivity index (χ4n) is 2.15. The summed E-state index contributed by atoms with van der Waals surface area (Å²) in [5, 5.41) is 0. The Morgan fingerprint density at radius 3 is 1.89 bits per heavy atom. The third-order valence-corrected chi connectivity index (χ3v) is 3.34. The molecule has 0 saturated heterocycles. The summed E-state index contributed by atoms with van der Waals surface area (Å²) in [6, 6.07) is 8.99. The molecule has 0 heterocycles. The summed E-state index contributed by atoms with van der Waals surface area (Å²) in [5.74, 6) is 0. The van der Waals surface area contributed by atoms with Crippen molar-refractivity contribution < 1.29 is 4.79 Å². The van der Waals surface area contributed by atoms with Crippen LogP contribution >= 0.6 is 0 Å². The molecule has 0 aliphatic heterocycles. The minimum atomic E-state index is 0.579. The third-order valence-electron chi connectivity index (χ3n) is 3.34. The van der Waals surface area contributed by atoms with Crippen molar-refractivity contribution in [2.75, 3.05) is 0 Å². The zero-order valence-electron chi connectivity index (χ0n) is 11.6. The lowest BCUT2D eigenvalue weighted by molar-refractivity contribution is 0.546. The SMILES string of the molecule is CCCCCCc1ccc(CCCC[C]=O)cc1. The zero-order valence-corrected chi connectivity index (χ0v) is 11.6. The van der Waals surface area contributed by atoms with E-state index in [2.05, 4.69) is 31.2 Å². The van der Waals surface area contributed by atoms with Crippen LogP contribution in [0.25, 0.3) is 0 Å². The Hall–Kier alpha value is -1.11. The molecule has 99 valence electrons. The van der Waals surface area contributed by atoms with Crippen LogP contribution in [-0.4, -0.2) is 6.29 Å². The quantitative estimate of drug-likeness (QED) is 0.549. The molecule has 1 nitrogen and oxygen atoms in total. The molecule has 1 aromatic carbocycles. The molecule has 1 rings (SSSR count). The molecular weight excluding hydrogens is 220 g/mol. The maximum Gasteiger partial charge on any atom is 0.198 e. The number of hydrogen-bond donors (Lipinski definition) is 0. The molecule has 0 spiro atoms. The number of hydrogen-bond acceptors (Lipinski definition) is 1. The van der Waals surface area contributed by atoms with E-state index in [0.717, 1.165) is 19.3 Å². The molecule has 0 aromatic heterocycles. The van der Waals surface area contributed by atoms with Gasteiger partial charge in [-0.2, -0.15) is 0 Å². The van der Waals surface area contributed by atoms with Gasteiger partial charge in [0.05, 0.1) is 0 Å². The summed E-state index contributed by atoms with van der Waals surface area (Å²) in [5.41, 5.74) is 2.84. The smallest absolute Gasteiger partial charge is 0.198 e. The predicted molar refractivity (Wildman–Crippen MR) is 77.5 cm³/mol. The van der Waals surface area contributed by atoms with Crippen LogP contribution < -0.4 is 0 Å². The highest BCUT2D eigenvalue weighted by Crippen LogP contribution is 2.11. The van der Waals surface area contributed by atoms with Crippen LogP contribution in [0.2, 0.25) is 0 Å². The summed E-state index contributed by atoms with van der Waals surface area (Å²) < 4.78 is 0. The van der Waals surface area contributed by atoms with E-state index in [1.165, 1.54) is 43.2 Å². The molecule has 0 atom stereocenters. The number of unbranched alkanes of at least 4 members (excludes halogenated alkanes) is 5. The van der Waals surface area contributed by atoms with E-state index in [1.54, 1.807) is 0 Å². The molecule has 0 aliphatic rings. The van der Waals surface area contributed by atoms with Crippen molar-refractivity contribution in [1.29, 1.82) is 0 Å². The summed E-state index contributed by atoms with van der Waals surface area (Å²) in [7, 11) is 0. The molecule has 1 heteroatoms. The first kappa shape index (κ1) is 14.9. The number of rotatable bonds is 10. The highest BCUT2D eigenvalue weighted by molar-refractivity contribution is 5.50. The number of aryl methyl sites for hydroxylation is 2. The summed E-state index contributed by atoms with van der Waals surface area (Å²) >= 11 is 0. The molecule has 0 fully saturated rings. The topological polar surface area (TPSA) is 17.1 Å². The van der Waals surface area contributed by atoms with Crippen LogP contribution in [-0.2, 0) is 17.6 Å². The molecule has 18 heavy (non-hydrogen) atoms. The van der Waals surface area contributed by atoms with Gasteiger partial charge in [0.2, 0.25) is 0 Å². The third kappa shape index (κ3) is 6.58. The van der Waals surface area contributed by atoms with Crippen molar-refractivity contribution in [3.63, 3.8) is 0 Å². The lowest BCUT2D eigenvalue weighted by Gasteiger charge is -2.04. The average molecular weight is 245 g/mol. The zero-order chi connectivity index (χ0) is 13.1. The van der Waals surface area contributed by atoms with Gasteiger partial charge >= 0.3 is 0 Å². The minimum absolute atomic E-state index is 0.579. The second-order valence-electron chi connectivity index (χ2n) is 4.98. The van der Waals surface area contributed by atoms with E-state index in [4.69, 9.17) is 0 Å². The lowest BCUT2D eigenvalue weighted by Crippen LogP contribution is -1.89. The van der Waals surface area contributed by atoms with Crippen LogP contribution in [0.5, 0.6) is 0 Å². The molecule has 0 saturated carbocycles. The van der Waals surface area contributed by atoms with E-state index in [-0.39, 0.29) is 0 Å². The number of benzene rings is 1. The number of carbonyl (C=O) groups excluding carboxylic acids is 1. The first-order chi connectivity index (χ1) is 8.86. The Labute approximate surface area is 112 Å². The van der Waals surface area contributed by atoms with Crippen molar-refractivity contribution in [2.24, 2.45) is 0 Å². The monoisotopic (exact) mass is 245 g/mol. The highest BCUT2D eigenvalue weighted by Gasteiger charge is 1.96. The van der Waals surface area contributed by atoms with Crippen molar-refractivity contribution in [3.05, 3.63) is 35.4 Å². The average Bonchev–Trinajstić information content (AvgIpc) is 2.41. The lowest BCUT2D eigenvalue weighted by atomic mass is 10.0. The standard InChI is InChI=1S/C17H25O/c1-2-3-4-6-9-16-11-13-17(14-12-16)10-7-5-8-15-18/h11-14H,2-10H2,1H3. The van der Waals surface area contributed by atoms with Gasteiger partial charge in [-0.05, 0) is 43.2 Å². The highest BCUT2D eigenvalue weighted by atomic mass is 16.1. The van der Waals surface area contributed by atoms with Crippen molar-refractivity contribution in [2.45, 2.75) is 64.7 Å². The van der Waals surface area contributed by atoms with Gasteiger partial charge in [0.25, 0.3) is 0 Å². The molecule has 0 amide bonds. The van der Waals surface area contributed by atoms with E-state index in [9.17, 15) is 4.79 Å². The molecule has 0 N–H and O–H groups in total. The minimum Gasteiger partial charge on any atom is -0.291 e. The summed E-state index contributed by atoms with van der Waals surface area (Å²) in [4.78, 5) is 10.1. The van der Waals surface area contributed by atoms with Crippen molar-refractivity contribution >= 4 is 6.29 Å². The second kappa shape index (κ2) is 9.87. The largest absolute Gasteiger partial charge is 0.291 e. The van der Waals surface area contributed by atoms with Crippen LogP contribution in [0.15, 0.2) is 24.3 Å². The Balaban J connectivity index is 2.22. The Morgan fingerprint density at radius 2 is 1.39 bits per heavy atom. The van der Waals surface area contributed by atoms with Gasteiger partial charge in [-0.25, -0.2) is 0 Å². The van der Waals surface area contributed by atoms with E-state index in [1.807, 2.05) is 6.29 Å². The molecular formula is C17H25O. The first-order valence-electron chi connectivity index (χ1n) is 7.29. The second-order valence-corrected chi connectivity index (χ2v) is 4.98. The van der Waals surface area contributed by atoms with Gasteiger partial charge in [0.15, 0.2) is 6.29 Å². The normalized spacial score (nSPS) is 10.5. The molecule has 0 unspecified atom stereocenters. The fourth-order valence-corrected chi connectivity index (χ4v) is 2.15. The van der Waals surface area contributed by atoms with E-state index in [0.29, 0.717) is 6.42 Å². The van der Waals surface area contributed by atoms with Crippen LogP contribution in [0, 0.1) is 0 Å². The maximum absolute atomic E-state index is 10.1. The van der Waals surface area contributed by atoms with Gasteiger partial charge in [0, 0.05) is 6.42 Å². The Kier molecular flexibility index (Phi) is 8.20. The molecule has 1 radical (unpaired) electrons. The Morgan fingerprint density at radius 1 is 0.833 bits per heavy atom. The van der Waals surface area contributed by atoms with Crippen LogP contribution in [0.1, 0.15) is 63.0 Å². The van der Waals surface area contributed by atoms with Gasteiger partial charge in [-0.3, -0.25) is 4.79 Å². The molecule has 0 bridgehead atoms. The van der Waals surface area contributed by atoms with E-state index >= 15 is 0 Å². The maximum atomic E-state index is 10.1.